The third-order valence-electron chi connectivity index (χ3n) is 14.2. The molecule has 0 amide bonds. The van der Waals surface area contributed by atoms with Gasteiger partial charge in [0, 0.05) is 24.2 Å². The van der Waals surface area contributed by atoms with Crippen LogP contribution < -0.4 is 0 Å². The monoisotopic (exact) mass is 502 g/mol. The van der Waals surface area contributed by atoms with Gasteiger partial charge in [-0.1, -0.05) is 41.5 Å². The number of carbonyl (C=O) groups is 1. The zero-order valence-electron chi connectivity index (χ0n) is 24.6. The molecule has 4 nitrogen and oxygen atoms in total. The Kier molecular flexibility index (Phi) is 5.97. The van der Waals surface area contributed by atoms with Crippen LogP contribution in [0.1, 0.15) is 120 Å². The van der Waals surface area contributed by atoms with Crippen molar-refractivity contribution in [2.24, 2.45) is 56.7 Å². The quantitative estimate of drug-likeness (QED) is 0.409. The van der Waals surface area contributed by atoms with E-state index in [1.54, 1.807) is 0 Å². The molecule has 0 bridgehead atoms. The first-order valence-electron chi connectivity index (χ1n) is 15.0. The third kappa shape index (κ3) is 3.28. The molecule has 2 N–H and O–H groups in total. The van der Waals surface area contributed by atoms with Crippen LogP contribution in [0.15, 0.2) is 0 Å². The van der Waals surface area contributed by atoms with Crippen molar-refractivity contribution >= 4 is 5.97 Å². The first-order valence-corrected chi connectivity index (χ1v) is 15.0. The molecule has 5 saturated carbocycles. The molecule has 11 unspecified atom stereocenters. The van der Waals surface area contributed by atoms with Crippen LogP contribution in [-0.4, -0.2) is 34.0 Å². The van der Waals surface area contributed by atoms with Gasteiger partial charge in [0.05, 0.1) is 11.7 Å². The van der Waals surface area contributed by atoms with Crippen molar-refractivity contribution < 1.29 is 19.7 Å². The maximum absolute atomic E-state index is 11.9. The van der Waals surface area contributed by atoms with Crippen molar-refractivity contribution in [3.05, 3.63) is 0 Å². The maximum Gasteiger partial charge on any atom is 0.302 e. The SMILES string of the molecule is CC(=O)OC1CC(O)C2(C)C(CCC3(C)C2CCC2C4(C)CCC(C(C)(C)O)C4CCC23C)C1(C)C. The van der Waals surface area contributed by atoms with Gasteiger partial charge in [-0.15, -0.1) is 0 Å². The van der Waals surface area contributed by atoms with E-state index in [9.17, 15) is 15.0 Å². The number of hydrogen-bond donors (Lipinski definition) is 2. The smallest absolute Gasteiger partial charge is 0.302 e. The first kappa shape index (κ1) is 27.0. The van der Waals surface area contributed by atoms with Gasteiger partial charge in [0.25, 0.3) is 0 Å². The van der Waals surface area contributed by atoms with Crippen LogP contribution >= 0.6 is 0 Å². The summed E-state index contributed by atoms with van der Waals surface area (Å²) in [6, 6.07) is 0. The summed E-state index contributed by atoms with van der Waals surface area (Å²) in [5.74, 6) is 2.29. The van der Waals surface area contributed by atoms with E-state index in [0.29, 0.717) is 41.4 Å². The molecule has 5 aliphatic rings. The molecule has 206 valence electrons. The van der Waals surface area contributed by atoms with E-state index in [1.165, 1.54) is 45.4 Å². The van der Waals surface area contributed by atoms with Crippen LogP contribution in [0.25, 0.3) is 0 Å². The third-order valence-corrected chi connectivity index (χ3v) is 14.2. The zero-order chi connectivity index (χ0) is 26.7. The largest absolute Gasteiger partial charge is 0.462 e. The van der Waals surface area contributed by atoms with Crippen molar-refractivity contribution in [3.8, 4) is 0 Å². The summed E-state index contributed by atoms with van der Waals surface area (Å²) in [7, 11) is 0. The lowest BCUT2D eigenvalue weighted by atomic mass is 9.31. The number of fused-ring (bicyclic) bond motifs is 7. The molecule has 36 heavy (non-hydrogen) atoms. The summed E-state index contributed by atoms with van der Waals surface area (Å²) < 4.78 is 5.82. The number of aliphatic hydroxyl groups is 2. The number of carbonyl (C=O) groups excluding carboxylic acids is 1. The minimum absolute atomic E-state index is 0.145. The van der Waals surface area contributed by atoms with Crippen LogP contribution in [0, 0.1) is 56.7 Å². The maximum atomic E-state index is 11.9. The fourth-order valence-electron chi connectivity index (χ4n) is 12.3. The molecule has 0 spiro atoms. The van der Waals surface area contributed by atoms with Gasteiger partial charge in [-0.05, 0) is 111 Å². The Morgan fingerprint density at radius 2 is 1.42 bits per heavy atom. The van der Waals surface area contributed by atoms with Gasteiger partial charge in [0.15, 0.2) is 0 Å². The van der Waals surface area contributed by atoms with E-state index in [4.69, 9.17) is 4.74 Å². The van der Waals surface area contributed by atoms with Crippen LogP contribution in [0.2, 0.25) is 0 Å². The molecule has 11 atom stereocenters. The Hall–Kier alpha value is -0.610. The predicted octanol–water partition coefficient (Wildman–Crippen LogP) is 6.76. The van der Waals surface area contributed by atoms with Gasteiger partial charge in [0.2, 0.25) is 0 Å². The van der Waals surface area contributed by atoms with Crippen molar-refractivity contribution in [2.75, 3.05) is 0 Å². The molecule has 5 fully saturated rings. The van der Waals surface area contributed by atoms with Gasteiger partial charge >= 0.3 is 5.97 Å². The lowest BCUT2D eigenvalue weighted by molar-refractivity contribution is -0.279. The Balaban J connectivity index is 1.51. The highest BCUT2D eigenvalue weighted by molar-refractivity contribution is 5.66. The molecule has 0 saturated heterocycles. The lowest BCUT2D eigenvalue weighted by Gasteiger charge is -2.74. The van der Waals surface area contributed by atoms with E-state index in [0.717, 1.165) is 12.8 Å². The molecule has 4 heteroatoms. The Labute approximate surface area is 220 Å². The minimum Gasteiger partial charge on any atom is -0.462 e. The normalized spacial score (nSPS) is 54.0. The van der Waals surface area contributed by atoms with Gasteiger partial charge in [-0.3, -0.25) is 4.79 Å². The van der Waals surface area contributed by atoms with Crippen molar-refractivity contribution in [2.45, 2.75) is 138 Å². The standard InChI is InChI=1S/C32H54O4/c1-19(33)36-26-18-25(34)32(9)22(27(26,2)3)14-17-31(8)24(32)11-10-23-29(6)15-12-20(28(4,5)35)21(29)13-16-30(23,31)7/h20-26,34-35H,10-18H2,1-9H3. The number of rotatable bonds is 2. The Bertz CT molecular complexity index is 904. The molecular weight excluding hydrogens is 448 g/mol. The molecule has 0 radical (unpaired) electrons. The molecule has 5 rings (SSSR count). The minimum atomic E-state index is -0.598. The van der Waals surface area contributed by atoms with Crippen molar-refractivity contribution in [1.82, 2.24) is 0 Å². The Morgan fingerprint density at radius 3 is 2.03 bits per heavy atom. The molecule has 0 aromatic heterocycles. The summed E-state index contributed by atoms with van der Waals surface area (Å²) >= 11 is 0. The van der Waals surface area contributed by atoms with E-state index < -0.39 is 11.7 Å². The average molecular weight is 503 g/mol. The van der Waals surface area contributed by atoms with Crippen LogP contribution in [0.3, 0.4) is 0 Å². The fraction of sp³-hybridized carbons (Fsp3) is 0.969. The fourth-order valence-corrected chi connectivity index (χ4v) is 12.3. The molecule has 0 aromatic carbocycles. The molecule has 0 aromatic rings. The van der Waals surface area contributed by atoms with Crippen LogP contribution in [-0.2, 0) is 9.53 Å². The van der Waals surface area contributed by atoms with E-state index in [-0.39, 0.29) is 33.7 Å². The van der Waals surface area contributed by atoms with E-state index in [1.807, 2.05) is 13.8 Å². The van der Waals surface area contributed by atoms with E-state index >= 15 is 0 Å². The summed E-state index contributed by atoms with van der Waals surface area (Å²) in [5, 5.41) is 22.8. The second kappa shape index (κ2) is 7.96. The average Bonchev–Trinajstić information content (AvgIpc) is 3.10. The number of hydrogen-bond acceptors (Lipinski definition) is 4. The van der Waals surface area contributed by atoms with Gasteiger partial charge in [-0.25, -0.2) is 0 Å². The lowest BCUT2D eigenvalue weighted by Crippen LogP contribution is -2.70. The van der Waals surface area contributed by atoms with E-state index in [2.05, 4.69) is 41.5 Å². The summed E-state index contributed by atoms with van der Waals surface area (Å²) in [6.07, 6.45) is 9.48. The summed E-state index contributed by atoms with van der Waals surface area (Å²) in [5.41, 5.74) is -0.168. The number of ether oxygens (including phenoxy) is 1. The topological polar surface area (TPSA) is 66.8 Å². The predicted molar refractivity (Wildman–Crippen MR) is 143 cm³/mol. The van der Waals surface area contributed by atoms with Gasteiger partial charge in [-0.2, -0.15) is 0 Å². The summed E-state index contributed by atoms with van der Waals surface area (Å²) in [6.45, 7) is 20.3. The second-order valence-corrected chi connectivity index (χ2v) is 16.1. The highest BCUT2D eigenvalue weighted by atomic mass is 16.5. The van der Waals surface area contributed by atoms with Crippen molar-refractivity contribution in [1.29, 1.82) is 0 Å². The first-order chi connectivity index (χ1) is 16.4. The van der Waals surface area contributed by atoms with Gasteiger partial charge in [0.1, 0.15) is 6.10 Å². The number of aliphatic hydroxyl groups excluding tert-OH is 1. The van der Waals surface area contributed by atoms with Crippen LogP contribution in [0.5, 0.6) is 0 Å². The molecule has 5 aliphatic carbocycles. The molecule has 0 aliphatic heterocycles. The Morgan fingerprint density at radius 1 is 0.833 bits per heavy atom. The number of esters is 1. The molecule has 0 heterocycles. The van der Waals surface area contributed by atoms with Crippen LogP contribution in [0.4, 0.5) is 0 Å². The molecular formula is C32H54O4. The van der Waals surface area contributed by atoms with Crippen molar-refractivity contribution in [3.63, 3.8) is 0 Å². The summed E-state index contributed by atoms with van der Waals surface area (Å²) in [4.78, 5) is 11.9. The van der Waals surface area contributed by atoms with Gasteiger partial charge < -0.3 is 14.9 Å². The highest BCUT2D eigenvalue weighted by Crippen LogP contribution is 2.78. The highest BCUT2D eigenvalue weighted by Gasteiger charge is 2.72. The zero-order valence-corrected chi connectivity index (χ0v) is 24.6. The second-order valence-electron chi connectivity index (χ2n) is 16.1.